The van der Waals surface area contributed by atoms with Gasteiger partial charge in [0.25, 0.3) is 5.88 Å². The maximum absolute atomic E-state index is 13.7. The summed E-state index contributed by atoms with van der Waals surface area (Å²) in [5, 5.41) is 11.7. The number of rotatable bonds is 6. The molecule has 112 valence electrons. The molecule has 6 heteroatoms. The Kier molecular flexibility index (Phi) is 5.05. The smallest absolute Gasteiger partial charge is 0.258 e. The molecule has 1 heterocycles. The van der Waals surface area contributed by atoms with Crippen LogP contribution in [0.5, 0.6) is 11.6 Å². The standard InChI is InChI=1S/C15H16F2N2O2/c1-2-7-18-14-12(16)8-13(17)15(19-14)21-11-5-3-10(9-20)4-6-11/h3-6,8,20H,2,7,9H2,1H3,(H,18,19). The van der Waals surface area contributed by atoms with Gasteiger partial charge in [0.1, 0.15) is 5.75 Å². The lowest BCUT2D eigenvalue weighted by molar-refractivity contribution is 0.281. The van der Waals surface area contributed by atoms with E-state index in [4.69, 9.17) is 9.84 Å². The van der Waals surface area contributed by atoms with E-state index in [1.54, 1.807) is 24.3 Å². The molecule has 1 aromatic heterocycles. The molecule has 0 saturated carbocycles. The first-order chi connectivity index (χ1) is 10.1. The highest BCUT2D eigenvalue weighted by Crippen LogP contribution is 2.26. The van der Waals surface area contributed by atoms with E-state index in [0.717, 1.165) is 12.5 Å². The van der Waals surface area contributed by atoms with Gasteiger partial charge in [-0.3, -0.25) is 0 Å². The van der Waals surface area contributed by atoms with Crippen molar-refractivity contribution in [2.24, 2.45) is 0 Å². The summed E-state index contributed by atoms with van der Waals surface area (Å²) in [6.07, 6.45) is 0.789. The van der Waals surface area contributed by atoms with Crippen molar-refractivity contribution < 1.29 is 18.6 Å². The molecule has 2 rings (SSSR count). The van der Waals surface area contributed by atoms with Crippen LogP contribution in [0.4, 0.5) is 14.6 Å². The van der Waals surface area contributed by atoms with Crippen molar-refractivity contribution in [1.29, 1.82) is 0 Å². The first-order valence-corrected chi connectivity index (χ1v) is 6.61. The fourth-order valence-electron chi connectivity index (χ4n) is 1.66. The lowest BCUT2D eigenvalue weighted by atomic mass is 10.2. The van der Waals surface area contributed by atoms with Gasteiger partial charge in [0.05, 0.1) is 6.61 Å². The molecular formula is C15H16F2N2O2. The van der Waals surface area contributed by atoms with E-state index >= 15 is 0 Å². The maximum Gasteiger partial charge on any atom is 0.258 e. The number of aromatic nitrogens is 1. The lowest BCUT2D eigenvalue weighted by Crippen LogP contribution is -2.06. The minimum atomic E-state index is -0.874. The van der Waals surface area contributed by atoms with Crippen molar-refractivity contribution in [2.45, 2.75) is 20.0 Å². The van der Waals surface area contributed by atoms with E-state index in [2.05, 4.69) is 10.3 Å². The summed E-state index contributed by atoms with van der Waals surface area (Å²) in [5.41, 5.74) is 0.709. The molecule has 0 aliphatic heterocycles. The highest BCUT2D eigenvalue weighted by Gasteiger charge is 2.13. The van der Waals surface area contributed by atoms with Gasteiger partial charge in [0.2, 0.25) is 0 Å². The summed E-state index contributed by atoms with van der Waals surface area (Å²) in [7, 11) is 0. The van der Waals surface area contributed by atoms with Crippen molar-refractivity contribution in [1.82, 2.24) is 4.98 Å². The van der Waals surface area contributed by atoms with E-state index in [1.165, 1.54) is 0 Å². The third kappa shape index (κ3) is 3.88. The zero-order valence-corrected chi connectivity index (χ0v) is 11.6. The van der Waals surface area contributed by atoms with Gasteiger partial charge in [-0.25, -0.2) is 8.78 Å². The molecule has 2 N–H and O–H groups in total. The highest BCUT2D eigenvalue weighted by molar-refractivity contribution is 5.41. The summed E-state index contributed by atoms with van der Waals surface area (Å²) in [6.45, 7) is 2.36. The van der Waals surface area contributed by atoms with Crippen molar-refractivity contribution in [2.75, 3.05) is 11.9 Å². The van der Waals surface area contributed by atoms with Crippen molar-refractivity contribution in [3.05, 3.63) is 47.5 Å². The Morgan fingerprint density at radius 3 is 2.52 bits per heavy atom. The molecule has 0 aliphatic carbocycles. The predicted octanol–water partition coefficient (Wildman–Crippen LogP) is 3.47. The molecule has 0 spiro atoms. The molecule has 1 aromatic carbocycles. The molecule has 0 fully saturated rings. The van der Waals surface area contributed by atoms with Crippen LogP contribution in [0.3, 0.4) is 0 Å². The minimum absolute atomic E-state index is 0.0415. The number of aliphatic hydroxyl groups excluding tert-OH is 1. The molecule has 0 saturated heterocycles. The van der Waals surface area contributed by atoms with Crippen LogP contribution < -0.4 is 10.1 Å². The number of pyridine rings is 1. The first-order valence-electron chi connectivity index (χ1n) is 6.61. The van der Waals surface area contributed by atoms with E-state index in [0.29, 0.717) is 17.9 Å². The number of benzene rings is 1. The van der Waals surface area contributed by atoms with Gasteiger partial charge in [-0.05, 0) is 24.1 Å². The van der Waals surface area contributed by atoms with E-state index < -0.39 is 11.6 Å². The summed E-state index contributed by atoms with van der Waals surface area (Å²) in [6, 6.07) is 7.19. The third-order valence-corrected chi connectivity index (χ3v) is 2.76. The Hall–Kier alpha value is -2.21. The maximum atomic E-state index is 13.7. The van der Waals surface area contributed by atoms with Crippen LogP contribution in [0.25, 0.3) is 0 Å². The average molecular weight is 294 g/mol. The van der Waals surface area contributed by atoms with Crippen LogP contribution in [-0.2, 0) is 6.61 Å². The van der Waals surface area contributed by atoms with E-state index in [1.807, 2.05) is 6.92 Å². The normalized spacial score (nSPS) is 10.5. The summed E-state index contributed by atoms with van der Waals surface area (Å²) < 4.78 is 32.5. The topological polar surface area (TPSA) is 54.4 Å². The summed E-state index contributed by atoms with van der Waals surface area (Å²) >= 11 is 0. The Bertz CT molecular complexity index is 603. The summed E-state index contributed by atoms with van der Waals surface area (Å²) in [5.74, 6) is -1.62. The Balaban J connectivity index is 2.21. The van der Waals surface area contributed by atoms with Crippen LogP contribution in [-0.4, -0.2) is 16.6 Å². The molecule has 2 aromatic rings. The minimum Gasteiger partial charge on any atom is -0.436 e. The van der Waals surface area contributed by atoms with Crippen LogP contribution in [0, 0.1) is 11.6 Å². The van der Waals surface area contributed by atoms with Gasteiger partial charge in [-0.1, -0.05) is 19.1 Å². The fraction of sp³-hybridized carbons (Fsp3) is 0.267. The number of anilines is 1. The molecule has 0 aliphatic rings. The van der Waals surface area contributed by atoms with Gasteiger partial charge in [0.15, 0.2) is 17.5 Å². The summed E-state index contributed by atoms with van der Waals surface area (Å²) in [4.78, 5) is 3.81. The monoisotopic (exact) mass is 294 g/mol. The second-order valence-electron chi connectivity index (χ2n) is 4.44. The molecule has 0 bridgehead atoms. The van der Waals surface area contributed by atoms with E-state index in [9.17, 15) is 8.78 Å². The third-order valence-electron chi connectivity index (χ3n) is 2.76. The molecule has 0 amide bonds. The Morgan fingerprint density at radius 1 is 1.19 bits per heavy atom. The number of nitrogens with zero attached hydrogens (tertiary/aromatic N) is 1. The second-order valence-corrected chi connectivity index (χ2v) is 4.44. The van der Waals surface area contributed by atoms with Crippen LogP contribution in [0.1, 0.15) is 18.9 Å². The molecule has 21 heavy (non-hydrogen) atoms. The van der Waals surface area contributed by atoms with Crippen molar-refractivity contribution in [3.8, 4) is 11.6 Å². The first kappa shape index (κ1) is 15.2. The number of hydrogen-bond acceptors (Lipinski definition) is 4. The Morgan fingerprint density at radius 2 is 1.90 bits per heavy atom. The number of aliphatic hydroxyl groups is 1. The SMILES string of the molecule is CCCNc1nc(Oc2ccc(CO)cc2)c(F)cc1F. The molecule has 0 radical (unpaired) electrons. The van der Waals surface area contributed by atoms with Crippen molar-refractivity contribution >= 4 is 5.82 Å². The van der Waals surface area contributed by atoms with E-state index in [-0.39, 0.29) is 18.3 Å². The zero-order chi connectivity index (χ0) is 15.2. The van der Waals surface area contributed by atoms with Gasteiger partial charge in [-0.15, -0.1) is 0 Å². The largest absolute Gasteiger partial charge is 0.436 e. The molecule has 0 unspecified atom stereocenters. The van der Waals surface area contributed by atoms with Crippen LogP contribution >= 0.6 is 0 Å². The quantitative estimate of drug-likeness (QED) is 0.856. The zero-order valence-electron chi connectivity index (χ0n) is 11.6. The molecule has 0 atom stereocenters. The van der Waals surface area contributed by atoms with Gasteiger partial charge in [-0.2, -0.15) is 4.98 Å². The molecular weight excluding hydrogens is 278 g/mol. The molecule has 4 nitrogen and oxygen atoms in total. The predicted molar refractivity (Wildman–Crippen MR) is 75.4 cm³/mol. The van der Waals surface area contributed by atoms with Gasteiger partial charge < -0.3 is 15.2 Å². The van der Waals surface area contributed by atoms with Gasteiger partial charge in [0, 0.05) is 12.6 Å². The number of ether oxygens (including phenoxy) is 1. The average Bonchev–Trinajstić information content (AvgIpc) is 2.49. The second kappa shape index (κ2) is 6.99. The fourth-order valence-corrected chi connectivity index (χ4v) is 1.66. The number of hydrogen-bond donors (Lipinski definition) is 2. The number of nitrogens with one attached hydrogen (secondary N) is 1. The van der Waals surface area contributed by atoms with Crippen LogP contribution in [0.2, 0.25) is 0 Å². The lowest BCUT2D eigenvalue weighted by Gasteiger charge is -2.10. The van der Waals surface area contributed by atoms with Gasteiger partial charge >= 0.3 is 0 Å². The van der Waals surface area contributed by atoms with Crippen LogP contribution in [0.15, 0.2) is 30.3 Å². The van der Waals surface area contributed by atoms with Crippen molar-refractivity contribution in [3.63, 3.8) is 0 Å². The highest BCUT2D eigenvalue weighted by atomic mass is 19.1. The Labute approximate surface area is 121 Å². The number of halogens is 2.